The lowest BCUT2D eigenvalue weighted by Crippen LogP contribution is -2.54. The highest BCUT2D eigenvalue weighted by Crippen LogP contribution is 2.26. The lowest BCUT2D eigenvalue weighted by atomic mass is 10.0. The van der Waals surface area contributed by atoms with E-state index in [2.05, 4.69) is 15.3 Å². The number of nitrogens with zero attached hydrogens (tertiary/aromatic N) is 3. The van der Waals surface area contributed by atoms with E-state index in [-0.39, 0.29) is 30.1 Å². The molecule has 1 N–H and O–H groups in total. The molecule has 1 aromatic heterocycles. The van der Waals surface area contributed by atoms with E-state index >= 15 is 0 Å². The maximum absolute atomic E-state index is 12.4. The van der Waals surface area contributed by atoms with E-state index in [9.17, 15) is 19.2 Å². The zero-order chi connectivity index (χ0) is 16.0. The van der Waals surface area contributed by atoms with Crippen molar-refractivity contribution in [2.45, 2.75) is 38.6 Å². The van der Waals surface area contributed by atoms with E-state index in [4.69, 9.17) is 0 Å². The summed E-state index contributed by atoms with van der Waals surface area (Å²) < 4.78 is 0. The number of aromatic nitrogens is 2. The SMILES string of the molecule is CC(C)c1cnc2c(n1)C(=O)N(C1CCC(=O)NC1=O)C2=O. The number of imide groups is 2. The van der Waals surface area contributed by atoms with Crippen LogP contribution in [-0.2, 0) is 9.59 Å². The average molecular weight is 302 g/mol. The summed E-state index contributed by atoms with van der Waals surface area (Å²) in [6.45, 7) is 3.80. The van der Waals surface area contributed by atoms with Crippen LogP contribution in [-0.4, -0.2) is 44.5 Å². The molecule has 0 radical (unpaired) electrons. The van der Waals surface area contributed by atoms with Crippen LogP contribution in [0.15, 0.2) is 6.20 Å². The second-order valence-electron chi connectivity index (χ2n) is 5.59. The van der Waals surface area contributed by atoms with Gasteiger partial charge in [-0.3, -0.25) is 29.4 Å². The second kappa shape index (κ2) is 4.97. The van der Waals surface area contributed by atoms with Crippen molar-refractivity contribution in [1.82, 2.24) is 20.2 Å². The Morgan fingerprint density at radius 3 is 2.50 bits per heavy atom. The van der Waals surface area contributed by atoms with Crippen LogP contribution in [0.2, 0.25) is 0 Å². The van der Waals surface area contributed by atoms with Crippen LogP contribution in [0.25, 0.3) is 0 Å². The number of rotatable bonds is 2. The van der Waals surface area contributed by atoms with Gasteiger partial charge in [0.2, 0.25) is 11.8 Å². The van der Waals surface area contributed by atoms with Crippen molar-refractivity contribution in [2.24, 2.45) is 0 Å². The molecule has 1 aromatic rings. The first-order chi connectivity index (χ1) is 10.4. The summed E-state index contributed by atoms with van der Waals surface area (Å²) in [6, 6.07) is -0.990. The monoisotopic (exact) mass is 302 g/mol. The molecule has 0 aliphatic carbocycles. The molecule has 2 aliphatic heterocycles. The third-order valence-corrected chi connectivity index (χ3v) is 3.75. The molecule has 0 spiro atoms. The Labute approximate surface area is 125 Å². The fraction of sp³-hybridized carbons (Fsp3) is 0.429. The zero-order valence-electron chi connectivity index (χ0n) is 12.1. The highest BCUT2D eigenvalue weighted by atomic mass is 16.2. The molecule has 8 heteroatoms. The molecule has 22 heavy (non-hydrogen) atoms. The first kappa shape index (κ1) is 14.3. The number of hydrogen-bond acceptors (Lipinski definition) is 6. The Balaban J connectivity index is 1.96. The molecule has 1 atom stereocenters. The third kappa shape index (κ3) is 2.07. The van der Waals surface area contributed by atoms with Crippen LogP contribution in [0.3, 0.4) is 0 Å². The number of carbonyl (C=O) groups is 4. The smallest absolute Gasteiger partial charge is 0.282 e. The highest BCUT2D eigenvalue weighted by Gasteiger charge is 2.46. The minimum atomic E-state index is -0.990. The van der Waals surface area contributed by atoms with E-state index in [0.717, 1.165) is 4.90 Å². The quantitative estimate of drug-likeness (QED) is 0.770. The standard InChI is InChI=1S/C14H14N4O4/c1-6(2)7-5-15-10-11(16-7)14(22)18(13(10)21)8-3-4-9(19)17-12(8)20/h5-6,8H,3-4H2,1-2H3,(H,17,19,20). The lowest BCUT2D eigenvalue weighted by molar-refractivity contribution is -0.136. The van der Waals surface area contributed by atoms with Gasteiger partial charge in [-0.05, 0) is 12.3 Å². The Hall–Kier alpha value is -2.64. The molecule has 1 fully saturated rings. The van der Waals surface area contributed by atoms with Crippen molar-refractivity contribution in [2.75, 3.05) is 0 Å². The van der Waals surface area contributed by atoms with Crippen LogP contribution < -0.4 is 5.32 Å². The van der Waals surface area contributed by atoms with Crippen LogP contribution in [0, 0.1) is 0 Å². The Morgan fingerprint density at radius 2 is 1.86 bits per heavy atom. The molecule has 0 saturated carbocycles. The molecule has 3 heterocycles. The number of carbonyl (C=O) groups excluding carboxylic acids is 4. The Morgan fingerprint density at radius 1 is 1.18 bits per heavy atom. The van der Waals surface area contributed by atoms with Crippen molar-refractivity contribution in [3.8, 4) is 0 Å². The van der Waals surface area contributed by atoms with E-state index in [1.54, 1.807) is 0 Å². The van der Waals surface area contributed by atoms with Gasteiger partial charge < -0.3 is 0 Å². The van der Waals surface area contributed by atoms with Gasteiger partial charge in [0.15, 0.2) is 11.4 Å². The summed E-state index contributed by atoms with van der Waals surface area (Å²) in [4.78, 5) is 57.0. The van der Waals surface area contributed by atoms with Gasteiger partial charge in [-0.1, -0.05) is 13.8 Å². The van der Waals surface area contributed by atoms with Crippen molar-refractivity contribution in [3.63, 3.8) is 0 Å². The molecule has 0 aromatic carbocycles. The van der Waals surface area contributed by atoms with Gasteiger partial charge in [-0.15, -0.1) is 0 Å². The molecule has 2 aliphatic rings. The number of fused-ring (bicyclic) bond motifs is 1. The summed E-state index contributed by atoms with van der Waals surface area (Å²) in [5.74, 6) is -2.27. The highest BCUT2D eigenvalue weighted by molar-refractivity contribution is 6.21. The first-order valence-electron chi connectivity index (χ1n) is 6.98. The maximum atomic E-state index is 12.4. The van der Waals surface area contributed by atoms with E-state index in [1.165, 1.54) is 6.20 Å². The van der Waals surface area contributed by atoms with Crippen molar-refractivity contribution in [1.29, 1.82) is 0 Å². The number of hydrogen-bond donors (Lipinski definition) is 1. The number of nitrogens with one attached hydrogen (secondary N) is 1. The fourth-order valence-corrected chi connectivity index (χ4v) is 2.52. The molecule has 4 amide bonds. The van der Waals surface area contributed by atoms with Gasteiger partial charge in [0, 0.05) is 12.6 Å². The summed E-state index contributed by atoms with van der Waals surface area (Å²) >= 11 is 0. The molecule has 1 saturated heterocycles. The van der Waals surface area contributed by atoms with Gasteiger partial charge in [0.1, 0.15) is 6.04 Å². The second-order valence-corrected chi connectivity index (χ2v) is 5.59. The predicted molar refractivity (Wildman–Crippen MR) is 72.8 cm³/mol. The summed E-state index contributed by atoms with van der Waals surface area (Å²) in [7, 11) is 0. The van der Waals surface area contributed by atoms with Gasteiger partial charge in [-0.25, -0.2) is 9.97 Å². The fourth-order valence-electron chi connectivity index (χ4n) is 2.52. The minimum absolute atomic E-state index is 0.0269. The lowest BCUT2D eigenvalue weighted by Gasteiger charge is -2.27. The summed E-state index contributed by atoms with van der Waals surface area (Å²) in [5.41, 5.74) is 0.532. The molecule has 114 valence electrons. The molecule has 1 unspecified atom stereocenters. The van der Waals surface area contributed by atoms with Crippen LogP contribution in [0.1, 0.15) is 59.3 Å². The molecule has 0 bridgehead atoms. The van der Waals surface area contributed by atoms with E-state index < -0.39 is 29.7 Å². The van der Waals surface area contributed by atoms with Crippen molar-refractivity contribution < 1.29 is 19.2 Å². The first-order valence-corrected chi connectivity index (χ1v) is 6.98. The van der Waals surface area contributed by atoms with Crippen LogP contribution >= 0.6 is 0 Å². The third-order valence-electron chi connectivity index (χ3n) is 3.75. The average Bonchev–Trinajstić information content (AvgIpc) is 2.71. The Kier molecular flexibility index (Phi) is 3.23. The van der Waals surface area contributed by atoms with Gasteiger partial charge in [0.25, 0.3) is 11.8 Å². The maximum Gasteiger partial charge on any atom is 0.282 e. The summed E-state index contributed by atoms with van der Waals surface area (Å²) in [5, 5.41) is 2.14. The van der Waals surface area contributed by atoms with Crippen LogP contribution in [0.4, 0.5) is 0 Å². The molecule has 3 rings (SSSR count). The van der Waals surface area contributed by atoms with Crippen molar-refractivity contribution in [3.05, 3.63) is 23.3 Å². The van der Waals surface area contributed by atoms with E-state index in [0.29, 0.717) is 5.69 Å². The zero-order valence-corrected chi connectivity index (χ0v) is 12.1. The molecule has 8 nitrogen and oxygen atoms in total. The molecular weight excluding hydrogens is 288 g/mol. The Bertz CT molecular complexity index is 713. The normalized spacial score (nSPS) is 21.4. The molecular formula is C14H14N4O4. The largest absolute Gasteiger partial charge is 0.295 e. The predicted octanol–water partition coefficient (Wildman–Crippen LogP) is 0.00120. The topological polar surface area (TPSA) is 109 Å². The summed E-state index contributed by atoms with van der Waals surface area (Å²) in [6.07, 6.45) is 1.66. The van der Waals surface area contributed by atoms with Gasteiger partial charge >= 0.3 is 0 Å². The van der Waals surface area contributed by atoms with Gasteiger partial charge in [-0.2, -0.15) is 0 Å². The van der Waals surface area contributed by atoms with Crippen molar-refractivity contribution >= 4 is 23.6 Å². The van der Waals surface area contributed by atoms with Crippen LogP contribution in [0.5, 0.6) is 0 Å². The number of piperidine rings is 1. The van der Waals surface area contributed by atoms with E-state index in [1.807, 2.05) is 13.8 Å². The minimum Gasteiger partial charge on any atom is -0.295 e. The number of amides is 4. The van der Waals surface area contributed by atoms with Gasteiger partial charge in [0.05, 0.1) is 5.69 Å².